The molecule has 3 rings (SSSR count). The molecule has 8 nitrogen and oxygen atoms in total. The maximum atomic E-state index is 13.2. The van der Waals surface area contributed by atoms with Gasteiger partial charge in [-0.2, -0.15) is 4.31 Å². The van der Waals surface area contributed by atoms with Crippen LogP contribution in [-0.2, 0) is 20.2 Å². The van der Waals surface area contributed by atoms with Crippen molar-refractivity contribution in [1.29, 1.82) is 0 Å². The van der Waals surface area contributed by atoms with Crippen LogP contribution < -0.4 is 14.2 Å². The molecular weight excluding hydrogens is 444 g/mol. The predicted octanol–water partition coefficient (Wildman–Crippen LogP) is 2.91. The molecule has 0 atom stereocenters. The maximum Gasteiger partial charge on any atom is 0.260 e. The first-order chi connectivity index (χ1) is 15.6. The minimum atomic E-state index is -3.80. The van der Waals surface area contributed by atoms with Crippen LogP contribution in [0.4, 0.5) is 0 Å². The molecule has 9 heteroatoms. The predicted molar refractivity (Wildman–Crippen MR) is 126 cm³/mol. The number of nitrogens with zero attached hydrogens (tertiary/aromatic N) is 2. The van der Waals surface area contributed by atoms with E-state index >= 15 is 0 Å². The quantitative estimate of drug-likeness (QED) is 0.611. The third kappa shape index (κ3) is 5.59. The molecule has 0 bridgehead atoms. The number of benzene rings is 2. The Kier molecular flexibility index (Phi) is 7.54. The summed E-state index contributed by atoms with van der Waals surface area (Å²) < 4.78 is 44.1. The molecule has 1 amide bonds. The van der Waals surface area contributed by atoms with Gasteiger partial charge in [0.25, 0.3) is 5.91 Å². The van der Waals surface area contributed by atoms with Crippen LogP contribution in [0.3, 0.4) is 0 Å². The Morgan fingerprint density at radius 3 is 2.21 bits per heavy atom. The Morgan fingerprint density at radius 1 is 0.939 bits per heavy atom. The number of ether oxygens (including phenoxy) is 3. The molecule has 2 aromatic carbocycles. The van der Waals surface area contributed by atoms with Crippen molar-refractivity contribution in [2.75, 3.05) is 47.0 Å². The van der Waals surface area contributed by atoms with Crippen molar-refractivity contribution >= 4 is 15.9 Å². The largest absolute Gasteiger partial charge is 0.497 e. The smallest absolute Gasteiger partial charge is 0.260 e. The van der Waals surface area contributed by atoms with Gasteiger partial charge in [-0.15, -0.1) is 0 Å². The molecule has 33 heavy (non-hydrogen) atoms. The zero-order valence-electron chi connectivity index (χ0n) is 19.8. The third-order valence-corrected chi connectivity index (χ3v) is 7.55. The molecule has 0 radical (unpaired) electrons. The lowest BCUT2D eigenvalue weighted by Crippen LogP contribution is -2.51. The fourth-order valence-electron chi connectivity index (χ4n) is 3.75. The second-order valence-electron chi connectivity index (χ2n) is 8.84. The van der Waals surface area contributed by atoms with Gasteiger partial charge in [0, 0.05) is 32.2 Å². The molecule has 0 spiro atoms. The molecule has 1 aliphatic heterocycles. The molecular formula is C24H32N2O6S. The Balaban J connectivity index is 1.64. The number of piperazine rings is 1. The molecule has 180 valence electrons. The summed E-state index contributed by atoms with van der Waals surface area (Å²) in [6.07, 6.45) is 0. The van der Waals surface area contributed by atoms with E-state index in [1.54, 1.807) is 17.0 Å². The lowest BCUT2D eigenvalue weighted by molar-refractivity contribution is -0.134. The Bertz CT molecular complexity index is 1090. The number of sulfonamides is 1. The summed E-state index contributed by atoms with van der Waals surface area (Å²) in [7, 11) is -0.902. The van der Waals surface area contributed by atoms with Crippen molar-refractivity contribution in [1.82, 2.24) is 9.21 Å². The van der Waals surface area contributed by atoms with Crippen LogP contribution in [0.25, 0.3) is 0 Å². The van der Waals surface area contributed by atoms with Crippen LogP contribution in [-0.4, -0.2) is 70.5 Å². The van der Waals surface area contributed by atoms with Gasteiger partial charge >= 0.3 is 0 Å². The average Bonchev–Trinajstić information content (AvgIpc) is 2.81. The summed E-state index contributed by atoms with van der Waals surface area (Å²) in [4.78, 5) is 14.4. The van der Waals surface area contributed by atoms with E-state index in [-0.39, 0.29) is 54.8 Å². The topological polar surface area (TPSA) is 85.4 Å². The molecule has 0 saturated carbocycles. The summed E-state index contributed by atoms with van der Waals surface area (Å²) >= 11 is 0. The first-order valence-corrected chi connectivity index (χ1v) is 12.2. The fourth-order valence-corrected chi connectivity index (χ4v) is 5.34. The molecule has 2 aromatic rings. The van der Waals surface area contributed by atoms with Crippen LogP contribution in [0.5, 0.6) is 17.2 Å². The van der Waals surface area contributed by atoms with Crippen molar-refractivity contribution < 1.29 is 27.4 Å². The molecule has 0 unspecified atom stereocenters. The summed E-state index contributed by atoms with van der Waals surface area (Å²) in [6.45, 7) is 7.13. The average molecular weight is 477 g/mol. The van der Waals surface area contributed by atoms with Crippen LogP contribution in [0.1, 0.15) is 26.3 Å². The van der Waals surface area contributed by atoms with Gasteiger partial charge in [-0.05, 0) is 29.2 Å². The highest BCUT2D eigenvalue weighted by Crippen LogP contribution is 2.32. The van der Waals surface area contributed by atoms with E-state index in [1.807, 2.05) is 24.3 Å². The van der Waals surface area contributed by atoms with E-state index in [2.05, 4.69) is 20.8 Å². The molecule has 1 saturated heterocycles. The van der Waals surface area contributed by atoms with Crippen molar-refractivity contribution in [2.45, 2.75) is 31.1 Å². The number of hydrogen-bond acceptors (Lipinski definition) is 6. The number of carbonyl (C=O) groups is 1. The molecule has 0 aliphatic carbocycles. The highest BCUT2D eigenvalue weighted by atomic mass is 32.2. The number of amides is 1. The Hall–Kier alpha value is -2.78. The van der Waals surface area contributed by atoms with Gasteiger partial charge in [0.2, 0.25) is 10.0 Å². The zero-order chi connectivity index (χ0) is 24.2. The van der Waals surface area contributed by atoms with E-state index in [0.29, 0.717) is 11.5 Å². The van der Waals surface area contributed by atoms with E-state index in [9.17, 15) is 13.2 Å². The second-order valence-corrected chi connectivity index (χ2v) is 10.7. The second kappa shape index (κ2) is 10.0. The lowest BCUT2D eigenvalue weighted by atomic mass is 9.86. The summed E-state index contributed by atoms with van der Waals surface area (Å²) in [5.74, 6) is 1.19. The molecule has 0 aromatic heterocycles. The zero-order valence-corrected chi connectivity index (χ0v) is 20.6. The number of hydrogen-bond donors (Lipinski definition) is 0. The summed E-state index contributed by atoms with van der Waals surface area (Å²) in [5, 5.41) is 0. The highest BCUT2D eigenvalue weighted by Gasteiger charge is 2.32. The number of carbonyl (C=O) groups excluding carboxylic acids is 1. The number of methoxy groups -OCH3 is 2. The first kappa shape index (κ1) is 24.9. The summed E-state index contributed by atoms with van der Waals surface area (Å²) in [5.41, 5.74) is 0.918. The molecule has 1 heterocycles. The van der Waals surface area contributed by atoms with Crippen LogP contribution in [0, 0.1) is 0 Å². The minimum Gasteiger partial charge on any atom is -0.497 e. The van der Waals surface area contributed by atoms with Gasteiger partial charge < -0.3 is 19.1 Å². The molecule has 0 N–H and O–H groups in total. The van der Waals surface area contributed by atoms with Gasteiger partial charge in [0.05, 0.1) is 14.2 Å². The van der Waals surface area contributed by atoms with Crippen LogP contribution in [0.2, 0.25) is 0 Å². The van der Waals surface area contributed by atoms with Gasteiger partial charge in [-0.1, -0.05) is 39.0 Å². The minimum absolute atomic E-state index is 0.0475. The van der Waals surface area contributed by atoms with Crippen LogP contribution in [0.15, 0.2) is 47.4 Å². The van der Waals surface area contributed by atoms with E-state index in [1.165, 1.54) is 24.6 Å². The van der Waals surface area contributed by atoms with Gasteiger partial charge in [-0.3, -0.25) is 4.79 Å². The maximum absolute atomic E-state index is 13.2. The lowest BCUT2D eigenvalue weighted by Gasteiger charge is -2.34. The highest BCUT2D eigenvalue weighted by molar-refractivity contribution is 7.89. The normalized spacial score (nSPS) is 15.2. The van der Waals surface area contributed by atoms with Gasteiger partial charge in [-0.25, -0.2) is 8.42 Å². The van der Waals surface area contributed by atoms with Crippen LogP contribution >= 0.6 is 0 Å². The standard InChI is InChI=1S/C24H32N2O6S/c1-24(2,3)19-8-6-7-9-20(19)32-17-23(27)25-12-14-26(15-13-25)33(28,29)22-16-18(30-4)10-11-21(22)31-5/h6-11,16H,12-15,17H2,1-5H3. The van der Waals surface area contributed by atoms with E-state index in [0.717, 1.165) is 5.56 Å². The number of rotatable bonds is 7. The van der Waals surface area contributed by atoms with Crippen molar-refractivity contribution in [3.63, 3.8) is 0 Å². The number of para-hydroxylation sites is 1. The Labute approximate surface area is 196 Å². The van der Waals surface area contributed by atoms with Crippen molar-refractivity contribution in [3.8, 4) is 17.2 Å². The monoisotopic (exact) mass is 476 g/mol. The van der Waals surface area contributed by atoms with Gasteiger partial charge in [0.1, 0.15) is 22.1 Å². The first-order valence-electron chi connectivity index (χ1n) is 10.8. The third-order valence-electron chi connectivity index (χ3n) is 5.63. The van der Waals surface area contributed by atoms with E-state index in [4.69, 9.17) is 14.2 Å². The molecule has 1 aliphatic rings. The molecule has 1 fully saturated rings. The Morgan fingerprint density at radius 2 is 1.61 bits per heavy atom. The van der Waals surface area contributed by atoms with Gasteiger partial charge in [0.15, 0.2) is 6.61 Å². The summed E-state index contributed by atoms with van der Waals surface area (Å²) in [6, 6.07) is 12.4. The van der Waals surface area contributed by atoms with Crippen molar-refractivity contribution in [2.24, 2.45) is 0 Å². The van der Waals surface area contributed by atoms with E-state index < -0.39 is 10.0 Å². The van der Waals surface area contributed by atoms with Crippen molar-refractivity contribution in [3.05, 3.63) is 48.0 Å². The SMILES string of the molecule is COc1ccc(OC)c(S(=O)(=O)N2CCN(C(=O)COc3ccccc3C(C)(C)C)CC2)c1. The fraction of sp³-hybridized carbons (Fsp3) is 0.458.